The number of carbonyl (C=O) groups excluding carboxylic acids is 1. The summed E-state index contributed by atoms with van der Waals surface area (Å²) in [4.78, 5) is 16.3. The number of pyridine rings is 1. The van der Waals surface area contributed by atoms with Crippen LogP contribution >= 0.6 is 0 Å². The highest BCUT2D eigenvalue weighted by molar-refractivity contribution is 7.91. The number of rotatable bonds is 6. The smallest absolute Gasteiger partial charge is 0.269 e. The number of benzene rings is 1. The van der Waals surface area contributed by atoms with E-state index < -0.39 is 9.84 Å². The highest BCUT2D eigenvalue weighted by Crippen LogP contribution is 2.17. The van der Waals surface area contributed by atoms with Crippen LogP contribution in [0.4, 0.5) is 5.69 Å². The number of aromatic nitrogens is 1. The highest BCUT2D eigenvalue weighted by atomic mass is 32.2. The van der Waals surface area contributed by atoms with E-state index in [0.717, 1.165) is 12.1 Å². The fourth-order valence-electron chi connectivity index (χ4n) is 2.81. The predicted molar refractivity (Wildman–Crippen MR) is 97.4 cm³/mol. The molecule has 3 rings (SSSR count). The van der Waals surface area contributed by atoms with E-state index in [2.05, 4.69) is 15.6 Å². The molecule has 1 amide bonds. The Labute approximate surface area is 147 Å². The van der Waals surface area contributed by atoms with Gasteiger partial charge in [0, 0.05) is 12.6 Å². The van der Waals surface area contributed by atoms with E-state index in [0.29, 0.717) is 18.7 Å². The molecule has 1 unspecified atom stereocenters. The Bertz CT molecular complexity index is 820. The lowest BCUT2D eigenvalue weighted by Crippen LogP contribution is -2.26. The maximum Gasteiger partial charge on any atom is 0.269 e. The van der Waals surface area contributed by atoms with E-state index >= 15 is 0 Å². The minimum absolute atomic E-state index is 0.0858. The summed E-state index contributed by atoms with van der Waals surface area (Å²) in [7, 11) is -2.92. The van der Waals surface area contributed by atoms with Crippen LogP contribution in [0.2, 0.25) is 0 Å². The van der Waals surface area contributed by atoms with Crippen LogP contribution in [0.25, 0.3) is 0 Å². The van der Waals surface area contributed by atoms with Gasteiger partial charge in [-0.25, -0.2) is 13.4 Å². The Morgan fingerprint density at radius 3 is 2.60 bits per heavy atom. The fourth-order valence-corrected chi connectivity index (χ4v) is 4.49. The molecule has 6 nitrogen and oxygen atoms in total. The van der Waals surface area contributed by atoms with Gasteiger partial charge in [-0.1, -0.05) is 30.3 Å². The lowest BCUT2D eigenvalue weighted by molar-refractivity contribution is 0.0949. The molecule has 0 bridgehead atoms. The number of hydrogen-bond donors (Lipinski definition) is 2. The molecule has 0 saturated carbocycles. The molecule has 7 heteroatoms. The Hall–Kier alpha value is -2.41. The average molecular weight is 359 g/mol. The summed E-state index contributed by atoms with van der Waals surface area (Å²) < 4.78 is 22.9. The van der Waals surface area contributed by atoms with Crippen LogP contribution in [0.1, 0.15) is 22.5 Å². The van der Waals surface area contributed by atoms with Gasteiger partial charge in [0.25, 0.3) is 5.91 Å². The van der Waals surface area contributed by atoms with E-state index in [1.807, 2.05) is 30.3 Å². The molecule has 2 heterocycles. The normalized spacial score (nSPS) is 18.6. The van der Waals surface area contributed by atoms with Crippen LogP contribution < -0.4 is 10.6 Å². The summed E-state index contributed by atoms with van der Waals surface area (Å²) in [6, 6.07) is 13.3. The Morgan fingerprint density at radius 1 is 1.16 bits per heavy atom. The lowest BCUT2D eigenvalue weighted by Gasteiger charge is -2.12. The van der Waals surface area contributed by atoms with Crippen molar-refractivity contribution in [2.24, 2.45) is 0 Å². The van der Waals surface area contributed by atoms with Crippen molar-refractivity contribution in [1.29, 1.82) is 0 Å². The first-order valence-electron chi connectivity index (χ1n) is 8.27. The van der Waals surface area contributed by atoms with Crippen LogP contribution in [-0.4, -0.2) is 43.4 Å². The van der Waals surface area contributed by atoms with Gasteiger partial charge >= 0.3 is 0 Å². The van der Waals surface area contributed by atoms with Gasteiger partial charge in [0.2, 0.25) is 0 Å². The molecule has 0 aliphatic carbocycles. The minimum atomic E-state index is -2.92. The molecule has 1 fully saturated rings. The molecule has 25 heavy (non-hydrogen) atoms. The number of nitrogens with zero attached hydrogens (tertiary/aromatic N) is 1. The summed E-state index contributed by atoms with van der Waals surface area (Å²) >= 11 is 0. The molecule has 2 aromatic rings. The largest absolute Gasteiger partial charge is 0.380 e. The van der Waals surface area contributed by atoms with Crippen LogP contribution in [0, 0.1) is 0 Å². The predicted octanol–water partition coefficient (Wildman–Crippen LogP) is 1.65. The Morgan fingerprint density at radius 2 is 1.96 bits per heavy atom. The molecular formula is C18H21N3O3S. The summed E-state index contributed by atoms with van der Waals surface area (Å²) in [5.74, 6) is 0.153. The third-order valence-electron chi connectivity index (χ3n) is 4.14. The SMILES string of the molecule is O=C(NCCc1ccccc1)c1ccc(NC2CCS(=O)(=O)C2)cn1. The van der Waals surface area contributed by atoms with Crippen molar-refractivity contribution in [1.82, 2.24) is 10.3 Å². The van der Waals surface area contributed by atoms with Crippen molar-refractivity contribution in [3.63, 3.8) is 0 Å². The van der Waals surface area contributed by atoms with Crippen molar-refractivity contribution < 1.29 is 13.2 Å². The van der Waals surface area contributed by atoms with Crippen molar-refractivity contribution in [2.75, 3.05) is 23.4 Å². The standard InChI is InChI=1S/C18H21N3O3S/c22-18(19-10-8-14-4-2-1-3-5-14)17-7-6-15(12-20-17)21-16-9-11-25(23,24)13-16/h1-7,12,16,21H,8-11,13H2,(H,19,22). The monoisotopic (exact) mass is 359 g/mol. The second kappa shape index (κ2) is 7.65. The second-order valence-corrected chi connectivity index (χ2v) is 8.40. The van der Waals surface area contributed by atoms with Crippen LogP contribution in [-0.2, 0) is 16.3 Å². The zero-order valence-corrected chi connectivity index (χ0v) is 14.6. The molecule has 1 aliphatic heterocycles. The number of nitrogens with one attached hydrogen (secondary N) is 2. The van der Waals surface area contributed by atoms with Gasteiger partial charge < -0.3 is 10.6 Å². The number of amides is 1. The fraction of sp³-hybridized carbons (Fsp3) is 0.333. The van der Waals surface area contributed by atoms with Crippen molar-refractivity contribution in [3.8, 4) is 0 Å². The number of carbonyl (C=O) groups is 1. The Kier molecular flexibility index (Phi) is 5.33. The van der Waals surface area contributed by atoms with E-state index in [4.69, 9.17) is 0 Å². The van der Waals surface area contributed by atoms with Gasteiger partial charge in [0.05, 0.1) is 23.4 Å². The first-order chi connectivity index (χ1) is 12.0. The van der Waals surface area contributed by atoms with Gasteiger partial charge in [-0.15, -0.1) is 0 Å². The Balaban J connectivity index is 1.49. The summed E-state index contributed by atoms with van der Waals surface area (Å²) in [6.45, 7) is 0.546. The van der Waals surface area contributed by atoms with Crippen molar-refractivity contribution >= 4 is 21.4 Å². The number of sulfone groups is 1. The lowest BCUT2D eigenvalue weighted by atomic mass is 10.1. The zero-order valence-electron chi connectivity index (χ0n) is 13.8. The van der Waals surface area contributed by atoms with E-state index in [1.165, 1.54) is 5.56 Å². The molecular weight excluding hydrogens is 338 g/mol. The second-order valence-electron chi connectivity index (χ2n) is 6.17. The zero-order chi connectivity index (χ0) is 17.7. The molecule has 2 N–H and O–H groups in total. The quantitative estimate of drug-likeness (QED) is 0.819. The minimum Gasteiger partial charge on any atom is -0.380 e. The molecule has 1 aromatic carbocycles. The molecule has 0 radical (unpaired) electrons. The number of anilines is 1. The van der Waals surface area contributed by atoms with E-state index in [1.54, 1.807) is 18.3 Å². The first kappa shape index (κ1) is 17.4. The third-order valence-corrected chi connectivity index (χ3v) is 5.91. The van der Waals surface area contributed by atoms with Crippen molar-refractivity contribution in [3.05, 3.63) is 59.9 Å². The van der Waals surface area contributed by atoms with Gasteiger partial charge in [0.15, 0.2) is 9.84 Å². The maximum absolute atomic E-state index is 12.1. The summed E-state index contributed by atoms with van der Waals surface area (Å²) in [5, 5.41) is 6.00. The van der Waals surface area contributed by atoms with Crippen molar-refractivity contribution in [2.45, 2.75) is 18.9 Å². The number of hydrogen-bond acceptors (Lipinski definition) is 5. The molecule has 1 aromatic heterocycles. The highest BCUT2D eigenvalue weighted by Gasteiger charge is 2.27. The summed E-state index contributed by atoms with van der Waals surface area (Å²) in [6.07, 6.45) is 2.93. The molecule has 1 atom stereocenters. The molecule has 0 spiro atoms. The average Bonchev–Trinajstić information content (AvgIpc) is 2.95. The van der Waals surface area contributed by atoms with E-state index in [-0.39, 0.29) is 23.5 Å². The molecule has 1 saturated heterocycles. The van der Waals surface area contributed by atoms with Gasteiger partial charge in [-0.2, -0.15) is 0 Å². The van der Waals surface area contributed by atoms with Crippen LogP contribution in [0.15, 0.2) is 48.7 Å². The topological polar surface area (TPSA) is 88.2 Å². The van der Waals surface area contributed by atoms with Crippen LogP contribution in [0.3, 0.4) is 0 Å². The molecule has 132 valence electrons. The van der Waals surface area contributed by atoms with Gasteiger partial charge in [-0.05, 0) is 30.5 Å². The van der Waals surface area contributed by atoms with Crippen LogP contribution in [0.5, 0.6) is 0 Å². The van der Waals surface area contributed by atoms with Gasteiger partial charge in [0.1, 0.15) is 5.69 Å². The summed E-state index contributed by atoms with van der Waals surface area (Å²) in [5.41, 5.74) is 2.24. The molecule has 1 aliphatic rings. The third kappa shape index (κ3) is 5.03. The first-order valence-corrected chi connectivity index (χ1v) is 10.1. The maximum atomic E-state index is 12.1. The van der Waals surface area contributed by atoms with Gasteiger partial charge in [-0.3, -0.25) is 4.79 Å². The van der Waals surface area contributed by atoms with E-state index in [9.17, 15) is 13.2 Å².